The van der Waals surface area contributed by atoms with Crippen molar-refractivity contribution in [2.75, 3.05) is 0 Å². The summed E-state index contributed by atoms with van der Waals surface area (Å²) in [6, 6.07) is 7.70. The number of hydrogen-bond donors (Lipinski definition) is 0. The van der Waals surface area contributed by atoms with Crippen LogP contribution in [0.4, 0.5) is 0 Å². The van der Waals surface area contributed by atoms with Crippen LogP contribution < -0.4 is 0 Å². The highest BCUT2D eigenvalue weighted by Crippen LogP contribution is 2.54. The monoisotopic (exact) mass is 295 g/mol. The molecule has 0 aliphatic heterocycles. The Hall–Kier alpha value is -2.45. The van der Waals surface area contributed by atoms with Crippen LogP contribution in [0.3, 0.4) is 0 Å². The fourth-order valence-electron chi connectivity index (χ4n) is 2.74. The molecule has 1 saturated carbocycles. The molecule has 0 bridgehead atoms. The molecule has 0 amide bonds. The lowest BCUT2D eigenvalue weighted by molar-refractivity contribution is 0.899. The Morgan fingerprint density at radius 2 is 2.19 bits per heavy atom. The van der Waals surface area contributed by atoms with Gasteiger partial charge in [0.1, 0.15) is 11.2 Å². The van der Waals surface area contributed by atoms with Gasteiger partial charge in [0.05, 0.1) is 5.56 Å². The molecule has 0 saturated heterocycles. The second-order valence-corrected chi connectivity index (χ2v) is 5.54. The van der Waals surface area contributed by atoms with Crippen molar-refractivity contribution in [3.8, 4) is 6.07 Å². The molecular formula is C15H10ClN5. The molecule has 102 valence electrons. The third-order valence-corrected chi connectivity index (χ3v) is 4.03. The van der Waals surface area contributed by atoms with Crippen molar-refractivity contribution in [1.82, 2.24) is 19.6 Å². The molecule has 1 aliphatic carbocycles. The molecule has 5 nitrogen and oxygen atoms in total. The summed E-state index contributed by atoms with van der Waals surface area (Å²) in [5.74, 6) is 0.715. The van der Waals surface area contributed by atoms with Gasteiger partial charge in [-0.3, -0.25) is 4.98 Å². The summed E-state index contributed by atoms with van der Waals surface area (Å²) in [6.45, 7) is 0. The molecule has 4 rings (SSSR count). The van der Waals surface area contributed by atoms with Crippen molar-refractivity contribution in [3.05, 3.63) is 58.8 Å². The number of rotatable bonds is 2. The first-order valence-electron chi connectivity index (χ1n) is 6.62. The van der Waals surface area contributed by atoms with E-state index in [4.69, 9.17) is 16.9 Å². The smallest absolute Gasteiger partial charge is 0.157 e. The third-order valence-electron chi connectivity index (χ3n) is 3.84. The van der Waals surface area contributed by atoms with Gasteiger partial charge >= 0.3 is 0 Å². The number of imidazole rings is 1. The van der Waals surface area contributed by atoms with E-state index >= 15 is 0 Å². The first kappa shape index (κ1) is 12.3. The highest BCUT2D eigenvalue weighted by Gasteiger charge is 2.42. The summed E-state index contributed by atoms with van der Waals surface area (Å²) in [6.07, 6.45) is 6.15. The maximum absolute atomic E-state index is 8.82. The van der Waals surface area contributed by atoms with E-state index in [1.807, 2.05) is 18.2 Å². The Kier molecular flexibility index (Phi) is 2.66. The topological polar surface area (TPSA) is 66.9 Å². The Balaban J connectivity index is 1.69. The van der Waals surface area contributed by atoms with Gasteiger partial charge in [0.25, 0.3) is 0 Å². The van der Waals surface area contributed by atoms with Crippen molar-refractivity contribution in [3.63, 3.8) is 0 Å². The number of nitriles is 1. The molecule has 0 radical (unpaired) electrons. The highest BCUT2D eigenvalue weighted by atomic mass is 35.5. The van der Waals surface area contributed by atoms with Crippen LogP contribution in [0.1, 0.15) is 35.1 Å². The molecule has 0 N–H and O–H groups in total. The molecule has 6 heteroatoms. The van der Waals surface area contributed by atoms with E-state index in [0.717, 1.165) is 23.3 Å². The summed E-state index contributed by atoms with van der Waals surface area (Å²) < 4.78 is 1.71. The SMILES string of the molecule is N#Cc1ccc(C2C[C@@H]2c2cc(Cl)nn3ccnc23)nc1. The lowest BCUT2D eigenvalue weighted by Gasteiger charge is -2.04. The van der Waals surface area contributed by atoms with Crippen LogP contribution in [0.15, 0.2) is 36.8 Å². The van der Waals surface area contributed by atoms with Gasteiger partial charge in [0, 0.05) is 35.8 Å². The van der Waals surface area contributed by atoms with Crippen molar-refractivity contribution in [2.45, 2.75) is 18.3 Å². The maximum Gasteiger partial charge on any atom is 0.157 e. The van der Waals surface area contributed by atoms with Crippen molar-refractivity contribution >= 4 is 17.2 Å². The van der Waals surface area contributed by atoms with Gasteiger partial charge in [-0.1, -0.05) is 11.6 Å². The fourth-order valence-corrected chi connectivity index (χ4v) is 2.94. The van der Waals surface area contributed by atoms with Gasteiger partial charge in [0.2, 0.25) is 0 Å². The molecule has 1 aliphatic rings. The van der Waals surface area contributed by atoms with Crippen LogP contribution in [-0.2, 0) is 0 Å². The number of fused-ring (bicyclic) bond motifs is 1. The Bertz CT molecular complexity index is 862. The van der Waals surface area contributed by atoms with Crippen molar-refractivity contribution in [1.29, 1.82) is 5.26 Å². The van der Waals surface area contributed by atoms with Gasteiger partial charge in [-0.15, -0.1) is 0 Å². The van der Waals surface area contributed by atoms with Gasteiger partial charge < -0.3 is 0 Å². The van der Waals surface area contributed by atoms with E-state index in [1.54, 1.807) is 23.1 Å². The standard InChI is InChI=1S/C15H10ClN5/c16-14-6-12(15-18-3-4-21(15)20-14)10-5-11(10)13-2-1-9(7-17)8-19-13/h1-4,6,8,10-11H,5H2/t10-,11?/m0/s1. The largest absolute Gasteiger partial charge is 0.260 e. The van der Waals surface area contributed by atoms with Gasteiger partial charge in [0.15, 0.2) is 5.65 Å². The Morgan fingerprint density at radius 3 is 2.95 bits per heavy atom. The second kappa shape index (κ2) is 4.54. The van der Waals surface area contributed by atoms with Crippen molar-refractivity contribution in [2.24, 2.45) is 0 Å². The van der Waals surface area contributed by atoms with Crippen molar-refractivity contribution < 1.29 is 0 Å². The maximum atomic E-state index is 8.82. The number of hydrogen-bond acceptors (Lipinski definition) is 4. The lowest BCUT2D eigenvalue weighted by Crippen LogP contribution is -1.97. The normalized spacial score (nSPS) is 20.4. The Labute approximate surface area is 125 Å². The third kappa shape index (κ3) is 2.05. The zero-order chi connectivity index (χ0) is 14.4. The quantitative estimate of drug-likeness (QED) is 0.729. The van der Waals surface area contributed by atoms with E-state index in [2.05, 4.69) is 21.1 Å². The molecule has 0 aromatic carbocycles. The summed E-state index contributed by atoms with van der Waals surface area (Å²) in [5, 5.41) is 13.5. The predicted octanol–water partition coefficient (Wildman–Crippen LogP) is 2.92. The predicted molar refractivity (Wildman–Crippen MR) is 77.0 cm³/mol. The minimum absolute atomic E-state index is 0.357. The van der Waals surface area contributed by atoms with Crippen LogP contribution in [0, 0.1) is 11.3 Å². The second-order valence-electron chi connectivity index (χ2n) is 5.15. The first-order chi connectivity index (χ1) is 10.3. The number of halogens is 1. The van der Waals surface area contributed by atoms with Gasteiger partial charge in [-0.25, -0.2) is 9.50 Å². The molecule has 2 atom stereocenters. The van der Waals surface area contributed by atoms with Crippen LogP contribution >= 0.6 is 11.6 Å². The fraction of sp³-hybridized carbons (Fsp3) is 0.200. The molecule has 0 spiro atoms. The van der Waals surface area contributed by atoms with E-state index < -0.39 is 0 Å². The van der Waals surface area contributed by atoms with Gasteiger partial charge in [-0.2, -0.15) is 10.4 Å². The van der Waals surface area contributed by atoms with Crippen LogP contribution in [-0.4, -0.2) is 19.6 Å². The van der Waals surface area contributed by atoms with Crippen LogP contribution in [0.25, 0.3) is 5.65 Å². The van der Waals surface area contributed by atoms with Gasteiger partial charge in [-0.05, 0) is 30.5 Å². The van der Waals surface area contributed by atoms with E-state index in [0.29, 0.717) is 22.6 Å². The summed E-state index contributed by atoms with van der Waals surface area (Å²) in [7, 11) is 0. The average molecular weight is 296 g/mol. The highest BCUT2D eigenvalue weighted by molar-refractivity contribution is 6.29. The molecule has 3 aromatic rings. The minimum atomic E-state index is 0.357. The van der Waals surface area contributed by atoms with Crippen LogP contribution in [0.5, 0.6) is 0 Å². The lowest BCUT2D eigenvalue weighted by atomic mass is 10.1. The summed E-state index contributed by atoms with van der Waals surface area (Å²) in [4.78, 5) is 8.73. The summed E-state index contributed by atoms with van der Waals surface area (Å²) >= 11 is 6.07. The molecule has 21 heavy (non-hydrogen) atoms. The molecule has 3 heterocycles. The number of nitrogens with zero attached hydrogens (tertiary/aromatic N) is 5. The van der Waals surface area contributed by atoms with E-state index in [1.165, 1.54) is 0 Å². The molecule has 3 aromatic heterocycles. The zero-order valence-corrected chi connectivity index (χ0v) is 11.7. The summed E-state index contributed by atoms with van der Waals surface area (Å²) in [5.41, 5.74) is 3.55. The average Bonchev–Trinajstić information content (AvgIpc) is 3.16. The first-order valence-corrected chi connectivity index (χ1v) is 7.00. The molecule has 1 fully saturated rings. The van der Waals surface area contributed by atoms with E-state index in [9.17, 15) is 0 Å². The minimum Gasteiger partial charge on any atom is -0.260 e. The Morgan fingerprint density at radius 1 is 1.29 bits per heavy atom. The van der Waals surface area contributed by atoms with Crippen LogP contribution in [0.2, 0.25) is 5.15 Å². The zero-order valence-electron chi connectivity index (χ0n) is 10.9. The molecule has 1 unspecified atom stereocenters. The number of pyridine rings is 1. The number of aromatic nitrogens is 4. The molecular weight excluding hydrogens is 286 g/mol. The van der Waals surface area contributed by atoms with E-state index in [-0.39, 0.29) is 0 Å².